The van der Waals surface area contributed by atoms with E-state index in [2.05, 4.69) is 10.6 Å². The smallest absolute Gasteiger partial charge is 0.147 e. The number of nitrogens with one attached hydrogen (secondary N) is 2. The lowest BCUT2D eigenvalue weighted by Gasteiger charge is -2.50. The number of anilines is 1. The average Bonchev–Trinajstić information content (AvgIpc) is 2.32. The van der Waals surface area contributed by atoms with E-state index in [0.29, 0.717) is 22.2 Å². The molecule has 18 heavy (non-hydrogen) atoms. The number of piperidine rings is 1. The topological polar surface area (TPSA) is 24.1 Å². The molecule has 1 heterocycles. The molecule has 0 amide bonds. The molecular weight excluding hydrogens is 251 g/mol. The van der Waals surface area contributed by atoms with Crippen molar-refractivity contribution >= 4 is 17.3 Å². The van der Waals surface area contributed by atoms with Crippen LogP contribution in [0, 0.1) is 11.2 Å². The lowest BCUT2D eigenvalue weighted by atomic mass is 9.60. The van der Waals surface area contributed by atoms with Gasteiger partial charge in [-0.15, -0.1) is 0 Å². The number of rotatable bonds is 2. The highest BCUT2D eigenvalue weighted by Crippen LogP contribution is 2.48. The van der Waals surface area contributed by atoms with Gasteiger partial charge in [-0.05, 0) is 62.4 Å². The van der Waals surface area contributed by atoms with E-state index in [1.54, 1.807) is 12.1 Å². The second kappa shape index (κ2) is 4.71. The minimum Gasteiger partial charge on any atom is -0.380 e. The largest absolute Gasteiger partial charge is 0.380 e. The summed E-state index contributed by atoms with van der Waals surface area (Å²) < 4.78 is 13.6. The molecule has 3 rings (SSSR count). The summed E-state index contributed by atoms with van der Waals surface area (Å²) in [6.07, 6.45) is 4.84. The zero-order valence-electron chi connectivity index (χ0n) is 10.3. The molecule has 0 bridgehead atoms. The fourth-order valence-corrected chi connectivity index (χ4v) is 3.44. The maximum atomic E-state index is 13.6. The summed E-state index contributed by atoms with van der Waals surface area (Å²) >= 11 is 5.74. The Bertz CT molecular complexity index is 435. The maximum Gasteiger partial charge on any atom is 0.147 e. The zero-order valence-corrected chi connectivity index (χ0v) is 11.1. The van der Waals surface area contributed by atoms with Gasteiger partial charge >= 0.3 is 0 Å². The average molecular weight is 269 g/mol. The fraction of sp³-hybridized carbons (Fsp3) is 0.571. The zero-order chi connectivity index (χ0) is 12.6. The van der Waals surface area contributed by atoms with Crippen molar-refractivity contribution in [3.8, 4) is 0 Å². The van der Waals surface area contributed by atoms with E-state index in [-0.39, 0.29) is 5.82 Å². The molecule has 1 aliphatic heterocycles. The molecule has 1 aliphatic carbocycles. The van der Waals surface area contributed by atoms with Crippen molar-refractivity contribution in [3.63, 3.8) is 0 Å². The van der Waals surface area contributed by atoms with Gasteiger partial charge in [0.15, 0.2) is 0 Å². The van der Waals surface area contributed by atoms with Crippen molar-refractivity contribution in [2.45, 2.75) is 31.7 Å². The first-order valence-electron chi connectivity index (χ1n) is 6.59. The monoisotopic (exact) mass is 268 g/mol. The van der Waals surface area contributed by atoms with Crippen LogP contribution in [0.3, 0.4) is 0 Å². The van der Waals surface area contributed by atoms with Crippen LogP contribution in [-0.2, 0) is 0 Å². The van der Waals surface area contributed by atoms with Gasteiger partial charge in [0.1, 0.15) is 5.82 Å². The second-order valence-electron chi connectivity index (χ2n) is 5.62. The normalized spacial score (nSPS) is 22.8. The highest BCUT2D eigenvalue weighted by molar-refractivity contribution is 6.30. The Kier molecular flexibility index (Phi) is 3.20. The third-order valence-electron chi connectivity index (χ3n) is 4.31. The van der Waals surface area contributed by atoms with Gasteiger partial charge in [0.25, 0.3) is 0 Å². The van der Waals surface area contributed by atoms with Crippen molar-refractivity contribution in [2.24, 2.45) is 5.41 Å². The molecule has 2 fully saturated rings. The molecule has 0 unspecified atom stereocenters. The molecule has 1 saturated carbocycles. The van der Waals surface area contributed by atoms with Crippen LogP contribution in [-0.4, -0.2) is 19.1 Å². The van der Waals surface area contributed by atoms with Crippen LogP contribution in [0.5, 0.6) is 0 Å². The predicted molar refractivity (Wildman–Crippen MR) is 72.6 cm³/mol. The highest BCUT2D eigenvalue weighted by Gasteiger charge is 2.44. The first kappa shape index (κ1) is 12.2. The number of benzene rings is 1. The highest BCUT2D eigenvalue weighted by atomic mass is 35.5. The molecule has 4 heteroatoms. The summed E-state index contributed by atoms with van der Waals surface area (Å²) in [5, 5.41) is 7.13. The summed E-state index contributed by atoms with van der Waals surface area (Å²) in [6.45, 7) is 2.25. The third kappa shape index (κ3) is 2.34. The van der Waals surface area contributed by atoms with E-state index in [1.165, 1.54) is 18.9 Å². The van der Waals surface area contributed by atoms with E-state index in [1.807, 2.05) is 0 Å². The molecule has 1 saturated heterocycles. The first-order valence-corrected chi connectivity index (χ1v) is 6.97. The van der Waals surface area contributed by atoms with Gasteiger partial charge in [0, 0.05) is 11.1 Å². The molecule has 1 spiro atoms. The molecule has 0 aromatic heterocycles. The Morgan fingerprint density at radius 1 is 1.28 bits per heavy atom. The Labute approximate surface area is 112 Å². The molecule has 0 radical (unpaired) electrons. The summed E-state index contributed by atoms with van der Waals surface area (Å²) in [7, 11) is 0. The van der Waals surface area contributed by atoms with Crippen LogP contribution in [0.1, 0.15) is 25.7 Å². The standard InChI is InChI=1S/C14H18ClFN2/c15-10-1-2-13(12(16)7-10)18-11-8-14(9-11)3-5-17-6-4-14/h1-2,7,11,17-18H,3-6,8-9H2. The van der Waals surface area contributed by atoms with Crippen molar-refractivity contribution in [2.75, 3.05) is 18.4 Å². The number of hydrogen-bond acceptors (Lipinski definition) is 2. The van der Waals surface area contributed by atoms with Crippen molar-refractivity contribution in [1.29, 1.82) is 0 Å². The molecule has 1 aromatic carbocycles. The lowest BCUT2D eigenvalue weighted by Crippen LogP contribution is -2.50. The summed E-state index contributed by atoms with van der Waals surface area (Å²) in [5.74, 6) is -0.256. The summed E-state index contributed by atoms with van der Waals surface area (Å²) in [6, 6.07) is 5.23. The van der Waals surface area contributed by atoms with Crippen LogP contribution in [0.15, 0.2) is 18.2 Å². The Morgan fingerprint density at radius 2 is 2.00 bits per heavy atom. The molecule has 2 nitrogen and oxygen atoms in total. The Hall–Kier alpha value is -0.800. The minimum absolute atomic E-state index is 0.256. The number of hydrogen-bond donors (Lipinski definition) is 2. The first-order chi connectivity index (χ1) is 8.67. The fourth-order valence-electron chi connectivity index (χ4n) is 3.28. The minimum atomic E-state index is -0.256. The third-order valence-corrected chi connectivity index (χ3v) is 4.55. The number of halogens is 2. The van der Waals surface area contributed by atoms with E-state index < -0.39 is 0 Å². The van der Waals surface area contributed by atoms with Gasteiger partial charge in [0.05, 0.1) is 5.69 Å². The van der Waals surface area contributed by atoms with Crippen LogP contribution in [0.25, 0.3) is 0 Å². The van der Waals surface area contributed by atoms with E-state index in [0.717, 1.165) is 25.9 Å². The second-order valence-corrected chi connectivity index (χ2v) is 6.06. The molecule has 0 atom stereocenters. The summed E-state index contributed by atoms with van der Waals surface area (Å²) in [4.78, 5) is 0. The van der Waals surface area contributed by atoms with Crippen molar-refractivity contribution in [1.82, 2.24) is 5.32 Å². The van der Waals surface area contributed by atoms with Crippen LogP contribution < -0.4 is 10.6 Å². The molecular formula is C14H18ClFN2. The van der Waals surface area contributed by atoms with E-state index >= 15 is 0 Å². The van der Waals surface area contributed by atoms with Crippen molar-refractivity contribution < 1.29 is 4.39 Å². The van der Waals surface area contributed by atoms with E-state index in [4.69, 9.17) is 11.6 Å². The van der Waals surface area contributed by atoms with Gasteiger partial charge in [-0.1, -0.05) is 11.6 Å². The van der Waals surface area contributed by atoms with Crippen LogP contribution in [0.4, 0.5) is 10.1 Å². The van der Waals surface area contributed by atoms with Gasteiger partial charge in [-0.2, -0.15) is 0 Å². The Morgan fingerprint density at radius 3 is 2.67 bits per heavy atom. The van der Waals surface area contributed by atoms with Gasteiger partial charge in [-0.3, -0.25) is 0 Å². The van der Waals surface area contributed by atoms with Crippen LogP contribution >= 0.6 is 11.6 Å². The molecule has 2 N–H and O–H groups in total. The Balaban J connectivity index is 1.59. The quantitative estimate of drug-likeness (QED) is 0.859. The molecule has 98 valence electrons. The van der Waals surface area contributed by atoms with Crippen LogP contribution in [0.2, 0.25) is 5.02 Å². The lowest BCUT2D eigenvalue weighted by molar-refractivity contribution is 0.0717. The van der Waals surface area contributed by atoms with Gasteiger partial charge < -0.3 is 10.6 Å². The van der Waals surface area contributed by atoms with Gasteiger partial charge in [-0.25, -0.2) is 4.39 Å². The van der Waals surface area contributed by atoms with E-state index in [9.17, 15) is 4.39 Å². The predicted octanol–water partition coefficient (Wildman–Crippen LogP) is 3.42. The maximum absolute atomic E-state index is 13.6. The van der Waals surface area contributed by atoms with Crippen molar-refractivity contribution in [3.05, 3.63) is 29.0 Å². The van der Waals surface area contributed by atoms with Gasteiger partial charge in [0.2, 0.25) is 0 Å². The SMILES string of the molecule is Fc1cc(Cl)ccc1NC1CC2(CCNCC2)C1. The molecule has 1 aromatic rings. The summed E-state index contributed by atoms with van der Waals surface area (Å²) in [5.41, 5.74) is 1.10. The molecule has 2 aliphatic rings.